The summed E-state index contributed by atoms with van der Waals surface area (Å²) in [5, 5.41) is 16.9. The highest BCUT2D eigenvalue weighted by molar-refractivity contribution is 6.21. The topological polar surface area (TPSA) is 112 Å². The van der Waals surface area contributed by atoms with Gasteiger partial charge in [0, 0.05) is 18.9 Å². The molecule has 1 N–H and O–H groups in total. The summed E-state index contributed by atoms with van der Waals surface area (Å²) in [6.07, 6.45) is -1.03. The molecule has 1 aromatic carbocycles. The van der Waals surface area contributed by atoms with Crippen LogP contribution in [0.5, 0.6) is 0 Å². The number of aliphatic carboxylic acids is 1. The van der Waals surface area contributed by atoms with Crippen LogP contribution in [0.15, 0.2) is 34.8 Å². The van der Waals surface area contributed by atoms with Gasteiger partial charge in [-0.15, -0.1) is 0 Å². The van der Waals surface area contributed by atoms with Gasteiger partial charge in [-0.1, -0.05) is 12.1 Å². The van der Waals surface area contributed by atoms with E-state index in [-0.39, 0.29) is 13.0 Å². The summed E-state index contributed by atoms with van der Waals surface area (Å²) in [5.41, 5.74) is 0.645. The summed E-state index contributed by atoms with van der Waals surface area (Å²) in [7, 11) is 1.53. The number of fused-ring (bicyclic) bond motifs is 1. The Balaban J connectivity index is 1.94. The van der Waals surface area contributed by atoms with Crippen molar-refractivity contribution in [1.82, 2.24) is 9.91 Å². The molecule has 0 saturated carbocycles. The maximum Gasteiger partial charge on any atom is 0.305 e. The molecular weight excluding hydrogens is 304 g/mol. The fourth-order valence-corrected chi connectivity index (χ4v) is 2.04. The zero-order valence-electron chi connectivity index (χ0n) is 12.7. The molecule has 2 amide bonds. The predicted molar refractivity (Wildman–Crippen MR) is 77.2 cm³/mol. The average Bonchev–Trinajstić information content (AvgIpc) is 2.77. The van der Waals surface area contributed by atoms with Gasteiger partial charge in [-0.3, -0.25) is 19.4 Å². The molecule has 2 rings (SSSR count). The summed E-state index contributed by atoms with van der Waals surface area (Å²) in [6, 6.07) is 6.50. The highest BCUT2D eigenvalue weighted by Gasteiger charge is 2.39. The van der Waals surface area contributed by atoms with Crippen molar-refractivity contribution in [3.8, 4) is 0 Å². The number of imide groups is 1. The van der Waals surface area contributed by atoms with Crippen molar-refractivity contribution in [2.24, 2.45) is 10.5 Å². The second-order valence-corrected chi connectivity index (χ2v) is 4.93. The Labute approximate surface area is 132 Å². The van der Waals surface area contributed by atoms with Gasteiger partial charge in [-0.05, 0) is 24.3 Å². The zero-order valence-corrected chi connectivity index (χ0v) is 12.7. The lowest BCUT2D eigenvalue weighted by atomic mass is 10.1. The number of carbonyl (C=O) groups excluding carboxylic acids is 2. The Hall–Kier alpha value is -2.97. The fraction of sp³-hybridized carbons (Fsp3) is 0.357. The van der Waals surface area contributed by atoms with Crippen molar-refractivity contribution in [2.45, 2.75) is 19.6 Å². The van der Waals surface area contributed by atoms with Crippen molar-refractivity contribution in [3.63, 3.8) is 0 Å². The lowest BCUT2D eigenvalue weighted by molar-refractivity contribution is -0.137. The summed E-state index contributed by atoms with van der Waals surface area (Å²) >= 11 is 0. The van der Waals surface area contributed by atoms with Crippen molar-refractivity contribution < 1.29 is 24.3 Å². The molecule has 1 atom stereocenters. The number of amides is 2. The SMILES string of the molecule is CC(ON=NN(C)CCC(=O)O)N1C(=O)c2ccccc2C1=O. The molecule has 1 unspecified atom stereocenters. The molecule has 9 nitrogen and oxygen atoms in total. The second-order valence-electron chi connectivity index (χ2n) is 4.93. The largest absolute Gasteiger partial charge is 0.481 e. The molecule has 1 aromatic rings. The van der Waals surface area contributed by atoms with Crippen LogP contribution < -0.4 is 0 Å². The van der Waals surface area contributed by atoms with Crippen molar-refractivity contribution in [1.29, 1.82) is 0 Å². The molecule has 0 spiro atoms. The molecule has 0 aromatic heterocycles. The van der Waals surface area contributed by atoms with E-state index in [1.807, 2.05) is 0 Å². The first kappa shape index (κ1) is 16.4. The molecule has 1 aliphatic heterocycles. The van der Waals surface area contributed by atoms with E-state index in [1.165, 1.54) is 19.0 Å². The molecule has 0 fully saturated rings. The third kappa shape index (κ3) is 3.62. The van der Waals surface area contributed by atoms with Gasteiger partial charge in [0.25, 0.3) is 11.8 Å². The van der Waals surface area contributed by atoms with Crippen LogP contribution >= 0.6 is 0 Å². The van der Waals surface area contributed by atoms with E-state index in [0.717, 1.165) is 4.90 Å². The number of benzene rings is 1. The Morgan fingerprint density at radius 1 is 1.30 bits per heavy atom. The van der Waals surface area contributed by atoms with Crippen LogP contribution in [-0.2, 0) is 9.63 Å². The van der Waals surface area contributed by atoms with Crippen LogP contribution in [0.3, 0.4) is 0 Å². The van der Waals surface area contributed by atoms with Crippen LogP contribution in [0.25, 0.3) is 0 Å². The van der Waals surface area contributed by atoms with Gasteiger partial charge >= 0.3 is 5.97 Å². The Morgan fingerprint density at radius 3 is 2.39 bits per heavy atom. The van der Waals surface area contributed by atoms with Crippen LogP contribution in [0.2, 0.25) is 0 Å². The second kappa shape index (κ2) is 6.86. The number of rotatable bonds is 7. The van der Waals surface area contributed by atoms with E-state index in [1.54, 1.807) is 24.3 Å². The van der Waals surface area contributed by atoms with Crippen molar-refractivity contribution >= 4 is 17.8 Å². The normalized spacial score (nSPS) is 15.0. The minimum Gasteiger partial charge on any atom is -0.481 e. The highest BCUT2D eigenvalue weighted by atomic mass is 16.7. The molecule has 1 aliphatic rings. The number of carbonyl (C=O) groups is 3. The third-order valence-corrected chi connectivity index (χ3v) is 3.23. The summed E-state index contributed by atoms with van der Waals surface area (Å²) in [4.78, 5) is 40.8. The predicted octanol–water partition coefficient (Wildman–Crippen LogP) is 1.33. The first-order valence-electron chi connectivity index (χ1n) is 6.88. The molecule has 0 radical (unpaired) electrons. The Kier molecular flexibility index (Phi) is 4.89. The molecular formula is C14H16N4O5. The van der Waals surface area contributed by atoms with Gasteiger partial charge in [0.15, 0.2) is 0 Å². The smallest absolute Gasteiger partial charge is 0.305 e. The fourth-order valence-electron chi connectivity index (χ4n) is 2.04. The lowest BCUT2D eigenvalue weighted by Gasteiger charge is -2.19. The van der Waals surface area contributed by atoms with Gasteiger partial charge in [0.2, 0.25) is 6.23 Å². The molecule has 0 bridgehead atoms. The highest BCUT2D eigenvalue weighted by Crippen LogP contribution is 2.24. The quantitative estimate of drug-likeness (QED) is 0.461. The lowest BCUT2D eigenvalue weighted by Crippen LogP contribution is -2.38. The van der Waals surface area contributed by atoms with Crippen LogP contribution in [0.1, 0.15) is 34.1 Å². The van der Waals surface area contributed by atoms with E-state index in [9.17, 15) is 14.4 Å². The van der Waals surface area contributed by atoms with Gasteiger partial charge in [0.05, 0.1) is 17.5 Å². The van der Waals surface area contributed by atoms with Gasteiger partial charge in [-0.25, -0.2) is 4.90 Å². The third-order valence-electron chi connectivity index (χ3n) is 3.23. The Morgan fingerprint density at radius 2 is 1.87 bits per heavy atom. The van der Waals surface area contributed by atoms with Crippen molar-refractivity contribution in [3.05, 3.63) is 35.4 Å². The minimum atomic E-state index is -0.952. The van der Waals surface area contributed by atoms with E-state index in [0.29, 0.717) is 11.1 Å². The van der Waals surface area contributed by atoms with Crippen LogP contribution in [-0.4, -0.2) is 52.6 Å². The van der Waals surface area contributed by atoms with Gasteiger partial charge in [-0.2, -0.15) is 0 Å². The van der Waals surface area contributed by atoms with Crippen LogP contribution in [0, 0.1) is 0 Å². The van der Waals surface area contributed by atoms with Gasteiger partial charge < -0.3 is 9.94 Å². The van der Waals surface area contributed by atoms with Crippen LogP contribution in [0.4, 0.5) is 0 Å². The molecule has 1 heterocycles. The van der Waals surface area contributed by atoms with Crippen molar-refractivity contribution in [2.75, 3.05) is 13.6 Å². The minimum absolute atomic E-state index is 0.0938. The number of carboxylic acids is 1. The van der Waals surface area contributed by atoms with Gasteiger partial charge in [0.1, 0.15) is 0 Å². The molecule has 122 valence electrons. The Bertz CT molecular complexity index is 625. The number of nitrogens with zero attached hydrogens (tertiary/aromatic N) is 4. The molecule has 0 saturated heterocycles. The maximum atomic E-state index is 12.2. The van der Waals surface area contributed by atoms with E-state index >= 15 is 0 Å². The molecule has 9 heteroatoms. The monoisotopic (exact) mass is 320 g/mol. The maximum absolute atomic E-state index is 12.2. The molecule has 23 heavy (non-hydrogen) atoms. The van der Waals surface area contributed by atoms with E-state index in [2.05, 4.69) is 10.5 Å². The number of hydrogen-bond acceptors (Lipinski definition) is 6. The summed E-state index contributed by atoms with van der Waals surface area (Å²) in [5.74, 6) is -1.85. The first-order chi connectivity index (χ1) is 10.9. The van der Waals surface area contributed by atoms with E-state index < -0.39 is 24.0 Å². The standard InChI is InChI=1S/C14H16N4O5/c1-9(23-16-15-17(2)8-7-12(19)20)18-13(21)10-5-3-4-6-11(10)14(18)22/h3-6,9H,7-8H2,1-2H3,(H,19,20). The average molecular weight is 320 g/mol. The summed E-state index contributed by atoms with van der Waals surface area (Å²) < 4.78 is 0. The molecule has 0 aliphatic carbocycles. The number of hydrogen-bond donors (Lipinski definition) is 1. The zero-order chi connectivity index (χ0) is 17.0. The van der Waals surface area contributed by atoms with E-state index in [4.69, 9.17) is 9.94 Å². The number of carboxylic acid groups (broad SMARTS) is 1. The first-order valence-corrected chi connectivity index (χ1v) is 6.88. The summed E-state index contributed by atoms with van der Waals surface area (Å²) in [6.45, 7) is 1.65.